The maximum Gasteiger partial charge on any atom is 0.405 e. The number of nitrogens with zero attached hydrogens (tertiary/aromatic N) is 3. The number of anilines is 1. The monoisotopic (exact) mass is 868 g/mol. The van der Waals surface area contributed by atoms with Crippen molar-refractivity contribution in [1.82, 2.24) is 24.6 Å². The van der Waals surface area contributed by atoms with E-state index in [1.54, 1.807) is 0 Å². The number of nitrogens with one attached hydrogen (secondary N) is 2. The van der Waals surface area contributed by atoms with Gasteiger partial charge in [0.1, 0.15) is 24.5 Å². The van der Waals surface area contributed by atoms with E-state index in [4.69, 9.17) is 24.3 Å². The van der Waals surface area contributed by atoms with Gasteiger partial charge < -0.3 is 25.4 Å². The van der Waals surface area contributed by atoms with Crippen LogP contribution in [0.1, 0.15) is 36.1 Å². The van der Waals surface area contributed by atoms with Gasteiger partial charge in [0, 0.05) is 17.9 Å². The normalized spacial score (nSPS) is 14.0. The summed E-state index contributed by atoms with van der Waals surface area (Å²) >= 11 is 0.926. The fourth-order valence-corrected chi connectivity index (χ4v) is 8.47. The number of imidazole rings is 1. The number of fused-ring (bicyclic) bond motifs is 1. The number of aromatic amines is 1. The third-order valence-electron chi connectivity index (χ3n) is 9.60. The maximum absolute atomic E-state index is 14.3. The Morgan fingerprint density at radius 1 is 0.934 bits per heavy atom. The molecule has 4 aromatic carbocycles. The topological polar surface area (TPSA) is 213 Å². The lowest BCUT2D eigenvalue weighted by Gasteiger charge is -2.36. The Labute approximate surface area is 357 Å². The van der Waals surface area contributed by atoms with Crippen molar-refractivity contribution in [2.75, 3.05) is 31.3 Å². The van der Waals surface area contributed by atoms with Gasteiger partial charge in [0.25, 0.3) is 5.56 Å². The minimum Gasteiger partial charge on any atom is -0.388 e. The Bertz CT molecular complexity index is 2370. The molecule has 0 saturated heterocycles. The van der Waals surface area contributed by atoms with Crippen molar-refractivity contribution in [2.45, 2.75) is 50.5 Å². The molecule has 0 aliphatic rings. The second-order valence-electron chi connectivity index (χ2n) is 14.5. The SMILES string of the molecule is C=C(COC(c1ccccc1)(c1ccccc1)c1ccccc1)C(=O)SCCOP(=O)(NCc1ccccc1)OCC(OCn1cnc2c(=O)[nH]c(N)nc21)[C@@H](O)C(C)(C)O. The molecular weight excluding hydrogens is 820 g/mol. The first-order valence-corrected chi connectivity index (χ1v) is 21.9. The molecule has 15 nitrogen and oxygen atoms in total. The van der Waals surface area contributed by atoms with E-state index in [1.165, 1.54) is 24.7 Å². The number of aromatic nitrogens is 4. The van der Waals surface area contributed by atoms with Crippen molar-refractivity contribution in [2.24, 2.45) is 0 Å². The first kappa shape index (κ1) is 45.3. The predicted molar refractivity (Wildman–Crippen MR) is 234 cm³/mol. The van der Waals surface area contributed by atoms with Crippen LogP contribution in [0.15, 0.2) is 145 Å². The van der Waals surface area contributed by atoms with Gasteiger partial charge in [-0.2, -0.15) is 4.98 Å². The van der Waals surface area contributed by atoms with Gasteiger partial charge in [0.2, 0.25) is 11.1 Å². The molecule has 0 saturated carbocycles. The van der Waals surface area contributed by atoms with Gasteiger partial charge in [-0.05, 0) is 36.1 Å². The van der Waals surface area contributed by atoms with E-state index in [2.05, 4.69) is 26.6 Å². The van der Waals surface area contributed by atoms with Gasteiger partial charge >= 0.3 is 7.75 Å². The second kappa shape index (κ2) is 20.5. The number of thioether (sulfide) groups is 1. The highest BCUT2D eigenvalue weighted by Crippen LogP contribution is 2.45. The Balaban J connectivity index is 1.12. The Kier molecular flexibility index (Phi) is 15.2. The number of carbonyl (C=O) groups is 1. The summed E-state index contributed by atoms with van der Waals surface area (Å²) in [6, 6.07) is 38.5. The quantitative estimate of drug-likeness (QED) is 0.0232. The van der Waals surface area contributed by atoms with Gasteiger partial charge in [-0.1, -0.05) is 140 Å². The summed E-state index contributed by atoms with van der Waals surface area (Å²) in [4.78, 5) is 36.3. The van der Waals surface area contributed by atoms with Crippen LogP contribution in [0, 0.1) is 0 Å². The third-order valence-corrected chi connectivity index (χ3v) is 12.1. The maximum atomic E-state index is 14.3. The molecule has 0 aliphatic heterocycles. The van der Waals surface area contributed by atoms with E-state index in [-0.39, 0.29) is 60.0 Å². The average molecular weight is 869 g/mol. The molecule has 2 unspecified atom stereocenters. The molecule has 0 radical (unpaired) electrons. The number of benzene rings is 4. The van der Waals surface area contributed by atoms with E-state index in [9.17, 15) is 24.4 Å². The van der Waals surface area contributed by atoms with Crippen molar-refractivity contribution in [3.63, 3.8) is 0 Å². The van der Waals surface area contributed by atoms with Crippen molar-refractivity contribution in [3.8, 4) is 0 Å². The molecular formula is C44H49N6O9PS. The molecule has 0 bridgehead atoms. The molecule has 6 N–H and O–H groups in total. The number of nitrogens with two attached hydrogens (primary N) is 1. The summed E-state index contributed by atoms with van der Waals surface area (Å²) in [5.41, 5.74) is 6.23. The number of ether oxygens (including phenoxy) is 2. The number of hydrogen-bond donors (Lipinski definition) is 5. The summed E-state index contributed by atoms with van der Waals surface area (Å²) in [5.74, 6) is -0.0545. The summed E-state index contributed by atoms with van der Waals surface area (Å²) < 4.78 is 40.1. The summed E-state index contributed by atoms with van der Waals surface area (Å²) in [6.45, 7) is 5.81. The van der Waals surface area contributed by atoms with Crippen LogP contribution in [0.3, 0.4) is 0 Å². The molecule has 17 heteroatoms. The van der Waals surface area contributed by atoms with Crippen molar-refractivity contribution in [3.05, 3.63) is 172 Å². The van der Waals surface area contributed by atoms with E-state index >= 15 is 0 Å². The van der Waals surface area contributed by atoms with Gasteiger partial charge in [-0.15, -0.1) is 0 Å². The van der Waals surface area contributed by atoms with E-state index in [0.29, 0.717) is 0 Å². The standard InChI is InChI=1S/C44H49N6O9PS/c1-31(27-57-44(33-18-10-5-11-19-33,34-20-12-6-13-21-34)35-22-14-7-15-23-35)41(53)61-25-24-58-60(55,47-26-32-16-8-4-9-17-32)59-28-36(38(51)43(2,3)54)56-30-50-29-46-37-39(50)48-42(45)49-40(37)52/h4-23,29,36,38,51,54H,1,24-28,30H2,2-3H3,(H,47,55)(H3,45,48,49,52)/t36?,38-,60?/m1/s1. The average Bonchev–Trinajstić information content (AvgIpc) is 3.68. The zero-order valence-electron chi connectivity index (χ0n) is 33.8. The first-order valence-electron chi connectivity index (χ1n) is 19.4. The lowest BCUT2D eigenvalue weighted by atomic mass is 9.80. The van der Waals surface area contributed by atoms with Crippen LogP contribution in [0.25, 0.3) is 11.2 Å². The third kappa shape index (κ3) is 11.6. The number of aliphatic hydroxyl groups excluding tert-OH is 1. The lowest BCUT2D eigenvalue weighted by Crippen LogP contribution is -2.48. The van der Waals surface area contributed by atoms with E-state index in [1.807, 2.05) is 121 Å². The molecule has 320 valence electrons. The molecule has 3 atom stereocenters. The molecule has 6 rings (SSSR count). The van der Waals surface area contributed by atoms with Gasteiger partial charge in [-0.3, -0.25) is 28.2 Å². The van der Waals surface area contributed by atoms with Crippen LogP contribution in [0.4, 0.5) is 5.95 Å². The largest absolute Gasteiger partial charge is 0.405 e. The minimum atomic E-state index is -4.18. The zero-order chi connectivity index (χ0) is 43.5. The number of hydrogen-bond acceptors (Lipinski definition) is 13. The highest BCUT2D eigenvalue weighted by molar-refractivity contribution is 8.14. The van der Waals surface area contributed by atoms with Crippen LogP contribution in [-0.4, -0.2) is 78.2 Å². The number of rotatable bonds is 22. The summed E-state index contributed by atoms with van der Waals surface area (Å²) in [5, 5.41) is 24.3. The van der Waals surface area contributed by atoms with E-state index < -0.39 is 43.3 Å². The molecule has 0 fully saturated rings. The fraction of sp³-hybridized carbons (Fsp3) is 0.273. The summed E-state index contributed by atoms with van der Waals surface area (Å²) in [7, 11) is -4.18. The van der Waals surface area contributed by atoms with Crippen molar-refractivity contribution < 1.29 is 38.1 Å². The minimum absolute atomic E-state index is 0.0174. The van der Waals surface area contributed by atoms with Crippen LogP contribution in [-0.2, 0) is 46.8 Å². The van der Waals surface area contributed by atoms with Gasteiger partial charge in [0.15, 0.2) is 11.2 Å². The molecule has 61 heavy (non-hydrogen) atoms. The Morgan fingerprint density at radius 3 is 2.05 bits per heavy atom. The van der Waals surface area contributed by atoms with Crippen molar-refractivity contribution in [1.29, 1.82) is 0 Å². The second-order valence-corrected chi connectivity index (χ2v) is 17.4. The molecule has 0 aliphatic carbocycles. The molecule has 6 aromatic rings. The number of H-pyrrole nitrogens is 1. The highest BCUT2D eigenvalue weighted by atomic mass is 32.2. The van der Waals surface area contributed by atoms with Crippen molar-refractivity contribution >= 4 is 41.7 Å². The molecule has 2 heterocycles. The molecule has 0 amide bonds. The molecule has 2 aromatic heterocycles. The number of carbonyl (C=O) groups excluding carboxylic acids is 1. The van der Waals surface area contributed by atoms with Gasteiger partial charge in [0.05, 0.1) is 31.7 Å². The number of aliphatic hydroxyl groups is 2. The number of nitrogen functional groups attached to an aromatic ring is 1. The lowest BCUT2D eigenvalue weighted by molar-refractivity contribution is -0.149. The van der Waals surface area contributed by atoms with Gasteiger partial charge in [-0.25, -0.2) is 14.6 Å². The molecule has 0 spiro atoms. The zero-order valence-corrected chi connectivity index (χ0v) is 35.5. The van der Waals surface area contributed by atoms with Crippen LogP contribution >= 0.6 is 19.5 Å². The van der Waals surface area contributed by atoms with Crippen LogP contribution < -0.4 is 16.4 Å². The highest BCUT2D eigenvalue weighted by Gasteiger charge is 2.39. The van der Waals surface area contributed by atoms with Crippen LogP contribution in [0.5, 0.6) is 0 Å². The van der Waals surface area contributed by atoms with Crippen LogP contribution in [0.2, 0.25) is 0 Å². The first-order chi connectivity index (χ1) is 29.3. The smallest absolute Gasteiger partial charge is 0.388 e. The Morgan fingerprint density at radius 2 is 1.49 bits per heavy atom. The van der Waals surface area contributed by atoms with E-state index in [0.717, 1.165) is 34.0 Å². The predicted octanol–water partition coefficient (Wildman–Crippen LogP) is 5.93. The Hall–Kier alpha value is -5.26. The fourth-order valence-electron chi connectivity index (χ4n) is 6.43. The summed E-state index contributed by atoms with van der Waals surface area (Å²) in [6.07, 6.45) is -1.51.